The van der Waals surface area contributed by atoms with Crippen LogP contribution in [-0.4, -0.2) is 42.5 Å². The Kier molecular flexibility index (Phi) is 3.44. The van der Waals surface area contributed by atoms with Gasteiger partial charge in [-0.1, -0.05) is 18.2 Å². The number of para-hydroxylation sites is 1. The summed E-state index contributed by atoms with van der Waals surface area (Å²) >= 11 is 5.77. The molecule has 0 aliphatic carbocycles. The zero-order chi connectivity index (χ0) is 13.2. The minimum Gasteiger partial charge on any atom is -0.451 e. The predicted octanol–water partition coefficient (Wildman–Crippen LogP) is 2.51. The molecule has 1 aromatic heterocycles. The zero-order valence-corrected chi connectivity index (χ0v) is 11.1. The lowest BCUT2D eigenvalue weighted by Crippen LogP contribution is -2.46. The normalized spacial score (nSPS) is 19.8. The predicted molar refractivity (Wildman–Crippen MR) is 72.6 cm³/mol. The SMILES string of the molecule is O=C(c1cc2ccccc2o1)N1CCOC(CCl)C1. The van der Waals surface area contributed by atoms with E-state index in [1.807, 2.05) is 24.3 Å². The molecule has 5 heteroatoms. The van der Waals surface area contributed by atoms with Gasteiger partial charge in [-0.15, -0.1) is 11.6 Å². The first-order valence-corrected chi connectivity index (χ1v) is 6.77. The van der Waals surface area contributed by atoms with Gasteiger partial charge in [-0.05, 0) is 12.1 Å². The van der Waals surface area contributed by atoms with Crippen LogP contribution in [-0.2, 0) is 4.74 Å². The van der Waals surface area contributed by atoms with Gasteiger partial charge in [-0.3, -0.25) is 4.79 Å². The summed E-state index contributed by atoms with van der Waals surface area (Å²) in [6, 6.07) is 9.37. The smallest absolute Gasteiger partial charge is 0.289 e. The molecule has 100 valence electrons. The average molecular weight is 280 g/mol. The molecule has 0 radical (unpaired) electrons. The number of hydrogen-bond donors (Lipinski definition) is 0. The van der Waals surface area contributed by atoms with E-state index in [9.17, 15) is 4.79 Å². The Bertz CT molecular complexity index is 562. The highest BCUT2D eigenvalue weighted by Gasteiger charge is 2.26. The van der Waals surface area contributed by atoms with Crippen molar-refractivity contribution < 1.29 is 13.9 Å². The minimum absolute atomic E-state index is 0.0938. The summed E-state index contributed by atoms with van der Waals surface area (Å²) in [7, 11) is 0. The molecule has 1 unspecified atom stereocenters. The molecule has 1 aromatic carbocycles. The Morgan fingerprint density at radius 2 is 2.26 bits per heavy atom. The van der Waals surface area contributed by atoms with Crippen LogP contribution in [0.15, 0.2) is 34.7 Å². The van der Waals surface area contributed by atoms with Crippen molar-refractivity contribution >= 4 is 28.5 Å². The molecule has 2 aromatic rings. The Morgan fingerprint density at radius 1 is 1.42 bits per heavy atom. The van der Waals surface area contributed by atoms with Gasteiger partial charge in [-0.2, -0.15) is 0 Å². The molecular weight excluding hydrogens is 266 g/mol. The second-order valence-electron chi connectivity index (χ2n) is 4.55. The second kappa shape index (κ2) is 5.23. The lowest BCUT2D eigenvalue weighted by Gasteiger charge is -2.31. The molecule has 1 fully saturated rings. The van der Waals surface area contributed by atoms with Crippen LogP contribution >= 0.6 is 11.6 Å². The van der Waals surface area contributed by atoms with E-state index in [2.05, 4.69) is 0 Å². The fourth-order valence-electron chi connectivity index (χ4n) is 2.24. The summed E-state index contributed by atoms with van der Waals surface area (Å²) < 4.78 is 11.0. The molecular formula is C14H14ClNO3. The van der Waals surface area contributed by atoms with Crippen LogP contribution in [0.25, 0.3) is 11.0 Å². The number of rotatable bonds is 2. The number of alkyl halides is 1. The van der Waals surface area contributed by atoms with Crippen LogP contribution in [0.3, 0.4) is 0 Å². The van der Waals surface area contributed by atoms with Gasteiger partial charge in [-0.25, -0.2) is 0 Å². The molecule has 0 spiro atoms. The summed E-state index contributed by atoms with van der Waals surface area (Å²) in [6.07, 6.45) is -0.0938. The molecule has 1 amide bonds. The highest BCUT2D eigenvalue weighted by Crippen LogP contribution is 2.21. The van der Waals surface area contributed by atoms with Crippen molar-refractivity contribution in [2.45, 2.75) is 6.10 Å². The molecule has 1 saturated heterocycles. The third-order valence-corrected chi connectivity index (χ3v) is 3.58. The van der Waals surface area contributed by atoms with Crippen LogP contribution in [0.5, 0.6) is 0 Å². The molecule has 1 aliphatic rings. The van der Waals surface area contributed by atoms with Gasteiger partial charge >= 0.3 is 0 Å². The highest BCUT2D eigenvalue weighted by atomic mass is 35.5. The summed E-state index contributed by atoms with van der Waals surface area (Å²) in [5, 5.41) is 0.938. The fourth-order valence-corrected chi connectivity index (χ4v) is 2.43. The van der Waals surface area contributed by atoms with Gasteiger partial charge in [0, 0.05) is 18.5 Å². The lowest BCUT2D eigenvalue weighted by atomic mass is 10.2. The van der Waals surface area contributed by atoms with Crippen molar-refractivity contribution in [3.63, 3.8) is 0 Å². The molecule has 0 N–H and O–H groups in total. The standard InChI is InChI=1S/C14H14ClNO3/c15-8-11-9-16(5-6-18-11)14(17)13-7-10-3-1-2-4-12(10)19-13/h1-4,7,11H,5-6,8-9H2. The Morgan fingerprint density at radius 3 is 3.05 bits per heavy atom. The van der Waals surface area contributed by atoms with Gasteiger partial charge in [0.1, 0.15) is 5.58 Å². The van der Waals surface area contributed by atoms with Gasteiger partial charge < -0.3 is 14.1 Å². The second-order valence-corrected chi connectivity index (χ2v) is 4.86. The highest BCUT2D eigenvalue weighted by molar-refractivity contribution is 6.18. The maximum absolute atomic E-state index is 12.4. The van der Waals surface area contributed by atoms with Crippen LogP contribution in [0.1, 0.15) is 10.6 Å². The van der Waals surface area contributed by atoms with E-state index < -0.39 is 0 Å². The maximum atomic E-state index is 12.4. The van der Waals surface area contributed by atoms with Crippen molar-refractivity contribution in [1.29, 1.82) is 0 Å². The molecule has 0 bridgehead atoms. The first-order valence-electron chi connectivity index (χ1n) is 6.23. The van der Waals surface area contributed by atoms with E-state index in [4.69, 9.17) is 20.8 Å². The maximum Gasteiger partial charge on any atom is 0.289 e. The third-order valence-electron chi connectivity index (χ3n) is 3.23. The zero-order valence-electron chi connectivity index (χ0n) is 10.3. The number of benzene rings is 1. The van der Waals surface area contributed by atoms with Crippen molar-refractivity contribution in [2.75, 3.05) is 25.6 Å². The summed E-state index contributed by atoms with van der Waals surface area (Å²) in [6.45, 7) is 1.60. The third kappa shape index (κ3) is 2.46. The topological polar surface area (TPSA) is 42.7 Å². The van der Waals surface area contributed by atoms with Gasteiger partial charge in [0.15, 0.2) is 5.76 Å². The van der Waals surface area contributed by atoms with E-state index in [1.54, 1.807) is 11.0 Å². The Balaban J connectivity index is 1.82. The fraction of sp³-hybridized carbons (Fsp3) is 0.357. The Hall–Kier alpha value is -1.52. The number of morpholine rings is 1. The van der Waals surface area contributed by atoms with E-state index in [1.165, 1.54) is 0 Å². The number of carbonyl (C=O) groups excluding carboxylic acids is 1. The van der Waals surface area contributed by atoms with Crippen LogP contribution in [0.2, 0.25) is 0 Å². The van der Waals surface area contributed by atoms with Gasteiger partial charge in [0.2, 0.25) is 0 Å². The summed E-state index contributed by atoms with van der Waals surface area (Å²) in [5.41, 5.74) is 0.730. The molecule has 0 saturated carbocycles. The van der Waals surface area contributed by atoms with Crippen molar-refractivity contribution in [1.82, 2.24) is 4.90 Å². The average Bonchev–Trinajstić information content (AvgIpc) is 2.90. The van der Waals surface area contributed by atoms with Gasteiger partial charge in [0.05, 0.1) is 18.6 Å². The lowest BCUT2D eigenvalue weighted by molar-refractivity contribution is -0.0118. The van der Waals surface area contributed by atoms with Crippen LogP contribution in [0, 0.1) is 0 Å². The number of amides is 1. The van der Waals surface area contributed by atoms with Crippen molar-refractivity contribution in [2.24, 2.45) is 0 Å². The van der Waals surface area contributed by atoms with Crippen molar-refractivity contribution in [3.8, 4) is 0 Å². The first kappa shape index (κ1) is 12.5. The van der Waals surface area contributed by atoms with Crippen LogP contribution in [0.4, 0.5) is 0 Å². The monoisotopic (exact) mass is 279 g/mol. The number of fused-ring (bicyclic) bond motifs is 1. The number of halogens is 1. The number of ether oxygens (including phenoxy) is 1. The number of carbonyl (C=O) groups is 1. The molecule has 19 heavy (non-hydrogen) atoms. The van der Waals surface area contributed by atoms with Gasteiger partial charge in [0.25, 0.3) is 5.91 Å². The minimum atomic E-state index is -0.102. The van der Waals surface area contributed by atoms with E-state index in [0.29, 0.717) is 31.3 Å². The van der Waals surface area contributed by atoms with E-state index >= 15 is 0 Å². The van der Waals surface area contributed by atoms with Crippen LogP contribution < -0.4 is 0 Å². The van der Waals surface area contributed by atoms with E-state index in [0.717, 1.165) is 11.0 Å². The van der Waals surface area contributed by atoms with Crippen molar-refractivity contribution in [3.05, 3.63) is 36.1 Å². The quantitative estimate of drug-likeness (QED) is 0.794. The molecule has 4 nitrogen and oxygen atoms in total. The molecule has 3 rings (SSSR count). The number of hydrogen-bond acceptors (Lipinski definition) is 3. The largest absolute Gasteiger partial charge is 0.451 e. The summed E-state index contributed by atoms with van der Waals surface area (Å²) in [5.74, 6) is 0.662. The number of furan rings is 1. The summed E-state index contributed by atoms with van der Waals surface area (Å²) in [4.78, 5) is 14.1. The first-order chi connectivity index (χ1) is 9.28. The molecule has 2 heterocycles. The molecule has 1 aliphatic heterocycles. The Labute approximate surface area is 115 Å². The number of nitrogens with zero attached hydrogens (tertiary/aromatic N) is 1. The molecule has 1 atom stereocenters. The van der Waals surface area contributed by atoms with E-state index in [-0.39, 0.29) is 12.0 Å².